The second kappa shape index (κ2) is 5.49. The zero-order chi connectivity index (χ0) is 13.1. The molecule has 0 aromatic heterocycles. The number of nitrogens with two attached hydrogens (primary N) is 1. The topological polar surface area (TPSA) is 83.6 Å². The number of amides is 1. The third kappa shape index (κ3) is 3.19. The van der Waals surface area contributed by atoms with Crippen LogP contribution in [0, 0.1) is 5.41 Å². The number of carbonyl (C=O) groups excluding carboxylic acids is 1. The van der Waals surface area contributed by atoms with Crippen LogP contribution in [0.2, 0.25) is 0 Å². The van der Waals surface area contributed by atoms with E-state index in [1.54, 1.807) is 11.8 Å². The smallest absolute Gasteiger partial charge is 0.311 e. The summed E-state index contributed by atoms with van der Waals surface area (Å²) in [4.78, 5) is 24.6. The fourth-order valence-electron chi connectivity index (χ4n) is 2.11. The number of aliphatic carboxylic acids is 1. The van der Waals surface area contributed by atoms with Crippen LogP contribution in [0.25, 0.3) is 0 Å². The van der Waals surface area contributed by atoms with E-state index in [0.717, 1.165) is 12.8 Å². The highest BCUT2D eigenvalue weighted by atomic mass is 16.4. The lowest BCUT2D eigenvalue weighted by molar-refractivity contribution is -0.147. The maximum Gasteiger partial charge on any atom is 0.311 e. The van der Waals surface area contributed by atoms with E-state index in [1.807, 2.05) is 0 Å². The molecule has 1 unspecified atom stereocenters. The Morgan fingerprint density at radius 2 is 2.18 bits per heavy atom. The molecule has 17 heavy (non-hydrogen) atoms. The van der Waals surface area contributed by atoms with Crippen molar-refractivity contribution in [3.05, 3.63) is 0 Å². The van der Waals surface area contributed by atoms with Crippen LogP contribution in [0.1, 0.15) is 39.5 Å². The van der Waals surface area contributed by atoms with Crippen molar-refractivity contribution < 1.29 is 14.7 Å². The summed E-state index contributed by atoms with van der Waals surface area (Å²) in [5.41, 5.74) is 5.00. The Hall–Kier alpha value is -1.10. The molecule has 0 aromatic rings. The number of nitrogens with zero attached hydrogens (tertiary/aromatic N) is 1. The lowest BCUT2D eigenvalue weighted by atomic mass is 9.90. The van der Waals surface area contributed by atoms with Gasteiger partial charge in [0, 0.05) is 13.1 Å². The van der Waals surface area contributed by atoms with Crippen molar-refractivity contribution in [2.24, 2.45) is 11.1 Å². The first-order chi connectivity index (χ1) is 7.90. The van der Waals surface area contributed by atoms with E-state index in [0.29, 0.717) is 19.4 Å². The Labute approximate surface area is 102 Å². The van der Waals surface area contributed by atoms with Gasteiger partial charge in [-0.2, -0.15) is 0 Å². The van der Waals surface area contributed by atoms with Gasteiger partial charge in [0.2, 0.25) is 5.91 Å². The van der Waals surface area contributed by atoms with E-state index >= 15 is 0 Å². The minimum absolute atomic E-state index is 0.108. The third-order valence-corrected chi connectivity index (χ3v) is 3.49. The molecule has 98 valence electrons. The van der Waals surface area contributed by atoms with Crippen molar-refractivity contribution in [3.63, 3.8) is 0 Å². The van der Waals surface area contributed by atoms with Crippen LogP contribution in [0.5, 0.6) is 0 Å². The van der Waals surface area contributed by atoms with Crippen LogP contribution < -0.4 is 5.73 Å². The zero-order valence-electron chi connectivity index (χ0n) is 10.6. The van der Waals surface area contributed by atoms with Gasteiger partial charge >= 0.3 is 5.97 Å². The molecule has 1 heterocycles. The molecule has 3 N–H and O–H groups in total. The number of hydrogen-bond acceptors (Lipinski definition) is 3. The Morgan fingerprint density at radius 1 is 1.53 bits per heavy atom. The predicted octanol–water partition coefficient (Wildman–Crippen LogP) is 0.827. The highest BCUT2D eigenvalue weighted by Crippen LogP contribution is 2.30. The molecule has 1 amide bonds. The molecule has 0 saturated carbocycles. The van der Waals surface area contributed by atoms with Gasteiger partial charge in [-0.25, -0.2) is 0 Å². The number of hydrogen-bond donors (Lipinski definition) is 2. The summed E-state index contributed by atoms with van der Waals surface area (Å²) < 4.78 is 0. The summed E-state index contributed by atoms with van der Waals surface area (Å²) in [7, 11) is 0. The molecular formula is C12H22N2O3. The van der Waals surface area contributed by atoms with Crippen LogP contribution in [-0.4, -0.2) is 41.0 Å². The maximum absolute atomic E-state index is 12.0. The van der Waals surface area contributed by atoms with Crippen molar-refractivity contribution in [3.8, 4) is 0 Å². The van der Waals surface area contributed by atoms with Gasteiger partial charge in [-0.15, -0.1) is 0 Å². The van der Waals surface area contributed by atoms with E-state index in [-0.39, 0.29) is 12.5 Å². The number of carbonyl (C=O) groups is 2. The van der Waals surface area contributed by atoms with Crippen LogP contribution >= 0.6 is 0 Å². The summed E-state index contributed by atoms with van der Waals surface area (Å²) >= 11 is 0. The molecule has 0 bridgehead atoms. The molecule has 1 aliphatic heterocycles. The van der Waals surface area contributed by atoms with Crippen LogP contribution in [0.15, 0.2) is 0 Å². The van der Waals surface area contributed by atoms with Crippen LogP contribution in [0.4, 0.5) is 0 Å². The van der Waals surface area contributed by atoms with Gasteiger partial charge in [0.1, 0.15) is 0 Å². The third-order valence-electron chi connectivity index (χ3n) is 3.49. The van der Waals surface area contributed by atoms with Crippen LogP contribution in [0.3, 0.4) is 0 Å². The molecule has 1 saturated heterocycles. The SMILES string of the molecule is CCCC[C@H](N)C(=O)N1CCC(C)(C(=O)O)C1. The summed E-state index contributed by atoms with van der Waals surface area (Å²) in [6, 6.07) is -0.480. The minimum atomic E-state index is -0.838. The molecule has 5 nitrogen and oxygen atoms in total. The predicted molar refractivity (Wildman–Crippen MR) is 64.4 cm³/mol. The first kappa shape index (κ1) is 14.0. The zero-order valence-corrected chi connectivity index (χ0v) is 10.6. The van der Waals surface area contributed by atoms with E-state index in [9.17, 15) is 9.59 Å². The largest absolute Gasteiger partial charge is 0.481 e. The van der Waals surface area contributed by atoms with Gasteiger partial charge in [0.05, 0.1) is 11.5 Å². The molecule has 5 heteroatoms. The molecule has 0 radical (unpaired) electrons. The van der Waals surface area contributed by atoms with Gasteiger partial charge in [-0.05, 0) is 19.8 Å². The Balaban J connectivity index is 2.53. The van der Waals surface area contributed by atoms with Gasteiger partial charge in [0.25, 0.3) is 0 Å². The van der Waals surface area contributed by atoms with Crippen molar-refractivity contribution in [2.75, 3.05) is 13.1 Å². The number of rotatable bonds is 5. The average molecular weight is 242 g/mol. The van der Waals surface area contributed by atoms with Gasteiger partial charge in [-0.3, -0.25) is 9.59 Å². The number of carboxylic acids is 1. The molecule has 0 spiro atoms. The fourth-order valence-corrected chi connectivity index (χ4v) is 2.11. The Kier molecular flexibility index (Phi) is 4.51. The van der Waals surface area contributed by atoms with E-state index in [4.69, 9.17) is 10.8 Å². The average Bonchev–Trinajstić information content (AvgIpc) is 2.69. The quantitative estimate of drug-likeness (QED) is 0.748. The highest BCUT2D eigenvalue weighted by molar-refractivity contribution is 5.84. The molecule has 1 aliphatic rings. The maximum atomic E-state index is 12.0. The Morgan fingerprint density at radius 3 is 2.65 bits per heavy atom. The molecular weight excluding hydrogens is 220 g/mol. The number of likely N-dealkylation sites (tertiary alicyclic amines) is 1. The minimum Gasteiger partial charge on any atom is -0.481 e. The van der Waals surface area contributed by atoms with Crippen molar-refractivity contribution >= 4 is 11.9 Å². The molecule has 1 fully saturated rings. The molecule has 0 aliphatic carbocycles. The molecule has 0 aromatic carbocycles. The van der Waals surface area contributed by atoms with Crippen molar-refractivity contribution in [1.29, 1.82) is 0 Å². The van der Waals surface area contributed by atoms with E-state index < -0.39 is 17.4 Å². The summed E-state index contributed by atoms with van der Waals surface area (Å²) in [5.74, 6) is -0.946. The monoisotopic (exact) mass is 242 g/mol. The van der Waals surface area contributed by atoms with Gasteiger partial charge in [-0.1, -0.05) is 19.8 Å². The normalized spacial score (nSPS) is 25.9. The summed E-state index contributed by atoms with van der Waals surface area (Å²) in [5, 5.41) is 9.08. The van der Waals surface area contributed by atoms with E-state index in [2.05, 4.69) is 6.92 Å². The lowest BCUT2D eigenvalue weighted by Gasteiger charge is -2.22. The number of carboxylic acid groups (broad SMARTS) is 1. The second-order valence-electron chi connectivity index (χ2n) is 5.12. The fraction of sp³-hybridized carbons (Fsp3) is 0.833. The lowest BCUT2D eigenvalue weighted by Crippen LogP contribution is -2.44. The van der Waals surface area contributed by atoms with E-state index in [1.165, 1.54) is 0 Å². The highest BCUT2D eigenvalue weighted by Gasteiger charge is 2.42. The second-order valence-corrected chi connectivity index (χ2v) is 5.12. The standard InChI is InChI=1S/C12H22N2O3/c1-3-4-5-9(13)10(15)14-7-6-12(2,8-14)11(16)17/h9H,3-8,13H2,1-2H3,(H,16,17)/t9-,12?/m0/s1. The Bertz CT molecular complexity index is 306. The summed E-state index contributed by atoms with van der Waals surface area (Å²) in [6.07, 6.45) is 3.12. The number of unbranched alkanes of at least 4 members (excludes halogenated alkanes) is 1. The molecule has 2 atom stereocenters. The van der Waals surface area contributed by atoms with Gasteiger partial charge in [0.15, 0.2) is 0 Å². The summed E-state index contributed by atoms with van der Waals surface area (Å²) in [6.45, 7) is 4.51. The van der Waals surface area contributed by atoms with Crippen molar-refractivity contribution in [1.82, 2.24) is 4.90 Å². The van der Waals surface area contributed by atoms with Crippen LogP contribution in [-0.2, 0) is 9.59 Å². The first-order valence-corrected chi connectivity index (χ1v) is 6.18. The van der Waals surface area contributed by atoms with Crippen molar-refractivity contribution in [2.45, 2.75) is 45.6 Å². The first-order valence-electron chi connectivity index (χ1n) is 6.18. The molecule has 1 rings (SSSR count). The van der Waals surface area contributed by atoms with Gasteiger partial charge < -0.3 is 15.7 Å².